The van der Waals surface area contributed by atoms with Crippen LogP contribution >= 0.6 is 0 Å². The highest BCUT2D eigenvalue weighted by Crippen LogP contribution is 2.25. The molecule has 0 aromatic heterocycles. The first-order chi connectivity index (χ1) is 8.93. The quantitative estimate of drug-likeness (QED) is 0.658. The summed E-state index contributed by atoms with van der Waals surface area (Å²) < 4.78 is 5.89. The van der Waals surface area contributed by atoms with Crippen LogP contribution < -0.4 is 4.74 Å². The summed E-state index contributed by atoms with van der Waals surface area (Å²) in [6, 6.07) is 25.4. The Bertz CT molecular complexity index is 639. The van der Waals surface area contributed by atoms with Crippen molar-refractivity contribution in [2.75, 3.05) is 0 Å². The topological polar surface area (TPSA) is 9.23 Å². The first kappa shape index (κ1) is 10.8. The number of hydrogen-bond donors (Lipinski definition) is 0. The van der Waals surface area contributed by atoms with E-state index < -0.39 is 0 Å². The molecule has 0 saturated carbocycles. The van der Waals surface area contributed by atoms with E-state index in [1.165, 1.54) is 5.56 Å². The Labute approximate surface area is 107 Å². The summed E-state index contributed by atoms with van der Waals surface area (Å²) >= 11 is 0. The second-order valence-corrected chi connectivity index (χ2v) is 4.16. The van der Waals surface area contributed by atoms with Gasteiger partial charge < -0.3 is 4.74 Å². The molecule has 0 fully saturated rings. The number of benzene rings is 3. The van der Waals surface area contributed by atoms with Crippen molar-refractivity contribution in [3.05, 3.63) is 78.4 Å². The van der Waals surface area contributed by atoms with Crippen LogP contribution in [0.3, 0.4) is 0 Å². The summed E-state index contributed by atoms with van der Waals surface area (Å²) in [4.78, 5) is 0. The van der Waals surface area contributed by atoms with E-state index in [0.717, 1.165) is 16.5 Å². The molecule has 1 heteroatoms. The molecule has 0 amide bonds. The van der Waals surface area contributed by atoms with E-state index in [1.807, 2.05) is 48.5 Å². The molecule has 1 radical (unpaired) electrons. The molecule has 18 heavy (non-hydrogen) atoms. The van der Waals surface area contributed by atoms with Crippen molar-refractivity contribution in [2.45, 2.75) is 6.61 Å². The molecule has 0 aliphatic carbocycles. The largest absolute Gasteiger partial charge is 0.488 e. The van der Waals surface area contributed by atoms with E-state index in [2.05, 4.69) is 24.3 Å². The highest BCUT2D eigenvalue weighted by Gasteiger charge is 2.01. The summed E-state index contributed by atoms with van der Waals surface area (Å²) in [5.41, 5.74) is 1.18. The molecule has 3 aromatic carbocycles. The lowest BCUT2D eigenvalue weighted by atomic mass is 10.1. The highest BCUT2D eigenvalue weighted by atomic mass is 16.5. The van der Waals surface area contributed by atoms with E-state index in [-0.39, 0.29) is 0 Å². The zero-order valence-corrected chi connectivity index (χ0v) is 9.97. The molecule has 0 aliphatic heterocycles. The Kier molecular flexibility index (Phi) is 2.97. The second kappa shape index (κ2) is 4.92. The predicted octanol–water partition coefficient (Wildman–Crippen LogP) is 4.22. The Morgan fingerprint density at radius 1 is 0.833 bits per heavy atom. The van der Waals surface area contributed by atoms with Gasteiger partial charge in [-0.3, -0.25) is 0 Å². The first-order valence-electron chi connectivity index (χ1n) is 6.00. The van der Waals surface area contributed by atoms with Gasteiger partial charge >= 0.3 is 0 Å². The molecular weight excluding hydrogens is 220 g/mol. The summed E-state index contributed by atoms with van der Waals surface area (Å²) in [6.07, 6.45) is 0. The molecule has 0 N–H and O–H groups in total. The Hall–Kier alpha value is -2.28. The van der Waals surface area contributed by atoms with Crippen molar-refractivity contribution < 1.29 is 4.74 Å². The standard InChI is InChI=1S/C17H13O/c1-2-7-14(8-3-1)13-18-17-12-6-10-15-9-4-5-11-16(15)17/h1-8,10-12H,13H2. The molecule has 0 atom stereocenters. The van der Waals surface area contributed by atoms with Gasteiger partial charge in [-0.1, -0.05) is 60.7 Å². The van der Waals surface area contributed by atoms with Crippen molar-refractivity contribution in [1.29, 1.82) is 0 Å². The van der Waals surface area contributed by atoms with Crippen LogP contribution in [0.15, 0.2) is 66.7 Å². The SMILES string of the molecule is [c]1cccc2c(OCc3ccccc3)cccc12. The molecule has 0 aliphatic rings. The molecular formula is C17H13O. The lowest BCUT2D eigenvalue weighted by Crippen LogP contribution is -1.95. The Morgan fingerprint density at radius 2 is 1.72 bits per heavy atom. The van der Waals surface area contributed by atoms with Gasteiger partial charge in [0.2, 0.25) is 0 Å². The third-order valence-corrected chi connectivity index (χ3v) is 2.90. The van der Waals surface area contributed by atoms with Crippen LogP contribution in [-0.2, 0) is 6.61 Å². The minimum absolute atomic E-state index is 0.592. The van der Waals surface area contributed by atoms with Gasteiger partial charge in [0.15, 0.2) is 0 Å². The Balaban J connectivity index is 1.87. The maximum atomic E-state index is 5.89. The maximum Gasteiger partial charge on any atom is 0.127 e. The predicted molar refractivity (Wildman–Crippen MR) is 73.6 cm³/mol. The highest BCUT2D eigenvalue weighted by molar-refractivity contribution is 5.87. The van der Waals surface area contributed by atoms with Crippen molar-refractivity contribution in [2.24, 2.45) is 0 Å². The third kappa shape index (κ3) is 2.21. The number of rotatable bonds is 3. The van der Waals surface area contributed by atoms with Crippen LogP contribution in [0.25, 0.3) is 10.8 Å². The maximum absolute atomic E-state index is 5.89. The molecule has 0 bridgehead atoms. The average Bonchev–Trinajstić information content (AvgIpc) is 2.46. The zero-order chi connectivity index (χ0) is 12.2. The molecule has 0 heterocycles. The van der Waals surface area contributed by atoms with Gasteiger partial charge in [0.25, 0.3) is 0 Å². The summed E-state index contributed by atoms with van der Waals surface area (Å²) in [6.45, 7) is 0.592. The molecule has 87 valence electrons. The fraction of sp³-hybridized carbons (Fsp3) is 0.0588. The third-order valence-electron chi connectivity index (χ3n) is 2.90. The van der Waals surface area contributed by atoms with Crippen LogP contribution in [0.5, 0.6) is 5.75 Å². The fourth-order valence-electron chi connectivity index (χ4n) is 1.99. The minimum Gasteiger partial charge on any atom is -0.488 e. The molecule has 3 aromatic rings. The fourth-order valence-corrected chi connectivity index (χ4v) is 1.99. The monoisotopic (exact) mass is 233 g/mol. The summed E-state index contributed by atoms with van der Waals surface area (Å²) in [5, 5.41) is 2.19. The smallest absolute Gasteiger partial charge is 0.127 e. The Morgan fingerprint density at radius 3 is 2.61 bits per heavy atom. The van der Waals surface area contributed by atoms with Crippen molar-refractivity contribution >= 4 is 10.8 Å². The number of ether oxygens (including phenoxy) is 1. The summed E-state index contributed by atoms with van der Waals surface area (Å²) in [5.74, 6) is 0.910. The van der Waals surface area contributed by atoms with Gasteiger partial charge in [0.1, 0.15) is 12.4 Å². The first-order valence-corrected chi connectivity index (χ1v) is 6.00. The zero-order valence-electron chi connectivity index (χ0n) is 9.97. The van der Waals surface area contributed by atoms with Crippen molar-refractivity contribution in [1.82, 2.24) is 0 Å². The molecule has 0 spiro atoms. The van der Waals surface area contributed by atoms with Crippen LogP contribution in [-0.4, -0.2) is 0 Å². The van der Waals surface area contributed by atoms with E-state index in [1.54, 1.807) is 0 Å². The molecule has 3 rings (SSSR count). The lowest BCUT2D eigenvalue weighted by Gasteiger charge is -2.09. The second-order valence-electron chi connectivity index (χ2n) is 4.16. The normalized spacial score (nSPS) is 10.4. The van der Waals surface area contributed by atoms with Gasteiger partial charge in [-0.15, -0.1) is 0 Å². The lowest BCUT2D eigenvalue weighted by molar-refractivity contribution is 0.310. The van der Waals surface area contributed by atoms with E-state index in [9.17, 15) is 0 Å². The van der Waals surface area contributed by atoms with Crippen LogP contribution in [0.2, 0.25) is 0 Å². The van der Waals surface area contributed by atoms with E-state index in [0.29, 0.717) is 6.61 Å². The van der Waals surface area contributed by atoms with Crippen molar-refractivity contribution in [3.8, 4) is 5.75 Å². The van der Waals surface area contributed by atoms with Gasteiger partial charge in [-0.25, -0.2) is 0 Å². The molecule has 0 saturated heterocycles. The number of fused-ring (bicyclic) bond motifs is 1. The van der Waals surface area contributed by atoms with Crippen LogP contribution in [0.4, 0.5) is 0 Å². The van der Waals surface area contributed by atoms with Gasteiger partial charge in [0, 0.05) is 5.39 Å². The average molecular weight is 233 g/mol. The minimum atomic E-state index is 0.592. The van der Waals surface area contributed by atoms with Gasteiger partial charge in [-0.05, 0) is 23.1 Å². The van der Waals surface area contributed by atoms with Crippen LogP contribution in [0, 0.1) is 6.07 Å². The van der Waals surface area contributed by atoms with Gasteiger partial charge in [0.05, 0.1) is 0 Å². The molecule has 1 nitrogen and oxygen atoms in total. The van der Waals surface area contributed by atoms with E-state index >= 15 is 0 Å². The summed E-state index contributed by atoms with van der Waals surface area (Å²) in [7, 11) is 0. The van der Waals surface area contributed by atoms with Gasteiger partial charge in [-0.2, -0.15) is 0 Å². The van der Waals surface area contributed by atoms with Crippen molar-refractivity contribution in [3.63, 3.8) is 0 Å². The van der Waals surface area contributed by atoms with E-state index in [4.69, 9.17) is 4.74 Å². The van der Waals surface area contributed by atoms with Crippen LogP contribution in [0.1, 0.15) is 5.56 Å². The number of hydrogen-bond acceptors (Lipinski definition) is 1. The molecule has 0 unspecified atom stereocenters.